The van der Waals surface area contributed by atoms with Crippen LogP contribution in [0.15, 0.2) is 23.3 Å². The van der Waals surface area contributed by atoms with Crippen LogP contribution in [0, 0.1) is 0 Å². The van der Waals surface area contributed by atoms with Gasteiger partial charge in [-0.15, -0.1) is 0 Å². The molecule has 0 aromatic rings. The number of aliphatic hydroxyl groups excluding tert-OH is 2. The van der Waals surface area contributed by atoms with E-state index < -0.39 is 81.7 Å². The van der Waals surface area contributed by atoms with Gasteiger partial charge in [-0.2, -0.15) is 0 Å². The van der Waals surface area contributed by atoms with E-state index in [1.54, 1.807) is 6.08 Å². The molecule has 1 saturated heterocycles. The topological polar surface area (TPSA) is 228 Å². The summed E-state index contributed by atoms with van der Waals surface area (Å²) in [6.07, 6.45) is -4.47. The summed E-state index contributed by atoms with van der Waals surface area (Å²) < 4.78 is 38.4. The Morgan fingerprint density at radius 2 is 1.75 bits per heavy atom. The Labute approximate surface area is 232 Å². The third kappa shape index (κ3) is 12.5. The largest absolute Gasteiger partial charge is 0.479 e. The highest BCUT2D eigenvalue weighted by Gasteiger charge is 2.50. The van der Waals surface area contributed by atoms with Crippen molar-refractivity contribution in [3.8, 4) is 0 Å². The Bertz CT molecular complexity index is 965. The zero-order valence-electron chi connectivity index (χ0n) is 23.1. The highest BCUT2D eigenvalue weighted by Crippen LogP contribution is 2.47. The van der Waals surface area contributed by atoms with Gasteiger partial charge in [0.2, 0.25) is 5.91 Å². The minimum atomic E-state index is -5.12. The summed E-state index contributed by atoms with van der Waals surface area (Å²) in [5.41, 5.74) is 2.12. The fourth-order valence-electron chi connectivity index (χ4n) is 3.51. The van der Waals surface area contributed by atoms with E-state index in [0.29, 0.717) is 0 Å². The lowest BCUT2D eigenvalue weighted by molar-refractivity contribution is -0.262. The molecule has 1 aliphatic rings. The van der Waals surface area contributed by atoms with Crippen LogP contribution < -0.4 is 5.32 Å². The average Bonchev–Trinajstić information content (AvgIpc) is 2.83. The van der Waals surface area contributed by atoms with Gasteiger partial charge in [-0.05, 0) is 40.5 Å². The lowest BCUT2D eigenvalue weighted by atomic mass is 9.96. The number of amides is 1. The molecular formula is C24H40NO14P. The van der Waals surface area contributed by atoms with E-state index in [2.05, 4.69) is 11.4 Å². The first-order valence-electron chi connectivity index (χ1n) is 12.5. The van der Waals surface area contributed by atoms with E-state index in [1.165, 1.54) is 5.57 Å². The molecule has 0 aromatic carbocycles. The molecule has 1 rings (SSSR count). The number of nitrogens with one attached hydrogen (secondary N) is 1. The number of carboxylic acid groups (broad SMARTS) is 2. The summed E-state index contributed by atoms with van der Waals surface area (Å²) in [5, 5.41) is 41.0. The average molecular weight is 598 g/mol. The summed E-state index contributed by atoms with van der Waals surface area (Å²) in [6.45, 7) is 6.17. The zero-order valence-corrected chi connectivity index (χ0v) is 24.0. The molecule has 1 amide bonds. The summed E-state index contributed by atoms with van der Waals surface area (Å²) in [6, 6.07) is -1.54. The van der Waals surface area contributed by atoms with Crippen molar-refractivity contribution in [3.05, 3.63) is 23.3 Å². The molecule has 1 fully saturated rings. The van der Waals surface area contributed by atoms with Crippen LogP contribution in [-0.4, -0.2) is 106 Å². The molecule has 1 heterocycles. The number of rotatable bonds is 17. The Morgan fingerprint density at radius 1 is 1.10 bits per heavy atom. The van der Waals surface area contributed by atoms with E-state index in [0.717, 1.165) is 32.3 Å². The van der Waals surface area contributed by atoms with Crippen molar-refractivity contribution in [1.82, 2.24) is 5.32 Å². The first-order chi connectivity index (χ1) is 18.6. The summed E-state index contributed by atoms with van der Waals surface area (Å²) in [4.78, 5) is 44.9. The minimum absolute atomic E-state index is 0.106. The third-order valence-corrected chi connectivity index (χ3v) is 6.60. The second-order valence-corrected chi connectivity index (χ2v) is 10.8. The van der Waals surface area contributed by atoms with Crippen molar-refractivity contribution in [2.45, 2.75) is 90.3 Å². The van der Waals surface area contributed by atoms with Crippen LogP contribution >= 0.6 is 7.82 Å². The molecule has 0 spiro atoms. The number of carboxylic acids is 2. The number of hydrogen-bond donors (Lipinski definition) is 6. The second kappa shape index (κ2) is 16.9. The number of aliphatic carboxylic acids is 2. The van der Waals surface area contributed by atoms with Gasteiger partial charge in [0.1, 0.15) is 24.4 Å². The van der Waals surface area contributed by atoms with E-state index >= 15 is 0 Å². The molecule has 1 unspecified atom stereocenters. The summed E-state index contributed by atoms with van der Waals surface area (Å²) in [5.74, 6) is -3.60. The molecule has 0 bridgehead atoms. The summed E-state index contributed by atoms with van der Waals surface area (Å²) >= 11 is 0. The van der Waals surface area contributed by atoms with Gasteiger partial charge in [0.05, 0.1) is 19.8 Å². The Kier molecular flexibility index (Phi) is 15.2. The quantitative estimate of drug-likeness (QED) is 0.100. The van der Waals surface area contributed by atoms with Crippen LogP contribution in [0.1, 0.15) is 47.5 Å². The smallest absolute Gasteiger partial charge is 0.474 e. The fraction of sp³-hybridized carbons (Fsp3) is 0.708. The Morgan fingerprint density at radius 3 is 2.27 bits per heavy atom. The first kappa shape index (κ1) is 35.8. The molecule has 6 N–H and O–H groups in total. The molecule has 0 aromatic heterocycles. The molecule has 8 atom stereocenters. The van der Waals surface area contributed by atoms with Gasteiger partial charge < -0.3 is 44.8 Å². The number of hydrogen-bond acceptors (Lipinski definition) is 11. The van der Waals surface area contributed by atoms with Crippen molar-refractivity contribution in [3.63, 3.8) is 0 Å². The molecule has 230 valence electrons. The van der Waals surface area contributed by atoms with Gasteiger partial charge >= 0.3 is 19.8 Å². The van der Waals surface area contributed by atoms with Crippen LogP contribution in [0.2, 0.25) is 0 Å². The predicted molar refractivity (Wildman–Crippen MR) is 138 cm³/mol. The van der Waals surface area contributed by atoms with Gasteiger partial charge in [0, 0.05) is 6.92 Å². The Balaban J connectivity index is 2.95. The summed E-state index contributed by atoms with van der Waals surface area (Å²) in [7, 11) is -5.12. The van der Waals surface area contributed by atoms with Gasteiger partial charge in [-0.3, -0.25) is 13.8 Å². The fourth-order valence-corrected chi connectivity index (χ4v) is 4.34. The molecule has 1 aliphatic heterocycles. The number of phosphoric ester groups is 1. The molecule has 0 saturated carbocycles. The van der Waals surface area contributed by atoms with E-state index in [9.17, 15) is 44.3 Å². The van der Waals surface area contributed by atoms with Gasteiger partial charge in [0.25, 0.3) is 0 Å². The number of phosphoric acid groups is 1. The van der Waals surface area contributed by atoms with Crippen LogP contribution in [0.4, 0.5) is 0 Å². The van der Waals surface area contributed by atoms with Crippen molar-refractivity contribution in [2.75, 3.05) is 19.8 Å². The van der Waals surface area contributed by atoms with Gasteiger partial charge in [-0.1, -0.05) is 23.3 Å². The highest BCUT2D eigenvalue weighted by molar-refractivity contribution is 7.47. The van der Waals surface area contributed by atoms with Crippen LogP contribution in [0.25, 0.3) is 0 Å². The monoisotopic (exact) mass is 597 g/mol. The Hall–Kier alpha value is -2.20. The number of allylic oxidation sites excluding steroid dienone is 3. The maximum atomic E-state index is 12.7. The van der Waals surface area contributed by atoms with E-state index in [1.807, 2.05) is 20.8 Å². The van der Waals surface area contributed by atoms with Crippen LogP contribution in [0.5, 0.6) is 0 Å². The first-order valence-corrected chi connectivity index (χ1v) is 14.0. The lowest BCUT2D eigenvalue weighted by Gasteiger charge is -2.44. The molecule has 0 radical (unpaired) electrons. The maximum Gasteiger partial charge on any atom is 0.474 e. The number of aliphatic hydroxyl groups is 2. The molecule has 16 heteroatoms. The van der Waals surface area contributed by atoms with Crippen molar-refractivity contribution in [2.24, 2.45) is 0 Å². The number of ether oxygens (including phenoxy) is 3. The third-order valence-electron chi connectivity index (χ3n) is 5.65. The van der Waals surface area contributed by atoms with Crippen LogP contribution in [0.3, 0.4) is 0 Å². The predicted octanol–water partition coefficient (Wildman–Crippen LogP) is 0.724. The van der Waals surface area contributed by atoms with E-state index in [4.69, 9.17) is 23.3 Å². The minimum Gasteiger partial charge on any atom is -0.479 e. The molecule has 40 heavy (non-hydrogen) atoms. The molecular weight excluding hydrogens is 557 g/mol. The van der Waals surface area contributed by atoms with Crippen molar-refractivity contribution < 1.29 is 67.5 Å². The second-order valence-electron chi connectivity index (χ2n) is 9.42. The SMILES string of the molecule is CC(=O)N[C@H]1[C@@H](OP(=O)(O)OC[C@@H](OC/C=C(\C)CCC=C(C)C)C(=O)O)O[C@H](CO)[C@@H](O)[C@@H]1O[C@H](C)C(=O)O. The molecule has 15 nitrogen and oxygen atoms in total. The van der Waals surface area contributed by atoms with Crippen LogP contribution in [-0.2, 0) is 42.2 Å². The van der Waals surface area contributed by atoms with Crippen molar-refractivity contribution in [1.29, 1.82) is 0 Å². The standard InChI is InChI=1S/C24H40NO14P/c1-13(2)7-6-8-14(3)9-10-35-18(23(31)32)12-36-40(33,34)39-24-19(25-16(5)27)21(37-15(4)22(29)30)20(28)17(11-26)38-24/h7,9,15,17-21,24,26,28H,6,8,10-12H2,1-5H3,(H,25,27)(H,29,30)(H,31,32)(H,33,34)/b14-9+/t15-,17-,18-,19-,20-,21-,24-/m1/s1. The number of carbonyl (C=O) groups is 3. The highest BCUT2D eigenvalue weighted by atomic mass is 31.2. The van der Waals surface area contributed by atoms with Crippen molar-refractivity contribution >= 4 is 25.7 Å². The normalized spacial score (nSPS) is 26.3. The zero-order chi connectivity index (χ0) is 30.6. The van der Waals surface area contributed by atoms with Gasteiger partial charge in [-0.25, -0.2) is 14.2 Å². The lowest BCUT2D eigenvalue weighted by Crippen LogP contribution is -2.65. The molecule has 0 aliphatic carbocycles. The maximum absolute atomic E-state index is 12.7. The number of carbonyl (C=O) groups excluding carboxylic acids is 1. The van der Waals surface area contributed by atoms with E-state index in [-0.39, 0.29) is 6.61 Å². The van der Waals surface area contributed by atoms with Gasteiger partial charge in [0.15, 0.2) is 18.5 Å².